The molecule has 0 fully saturated rings. The SMILES string of the molecule is COC(=O)c1ccc(NC(=O)C(=O)NC[C@@]2(O)CCc3ccccc3C2)cc1. The number of nitrogens with one attached hydrogen (secondary N) is 2. The van der Waals surface area contributed by atoms with Crippen LogP contribution in [0.25, 0.3) is 0 Å². The zero-order chi connectivity index (χ0) is 20.1. The molecule has 0 bridgehead atoms. The Hall–Kier alpha value is -3.19. The number of aliphatic hydroxyl groups is 1. The average Bonchev–Trinajstić information content (AvgIpc) is 2.72. The standard InChI is InChI=1S/C21H22N2O5/c1-28-20(26)15-6-8-17(9-7-15)23-19(25)18(24)22-13-21(27)11-10-14-4-2-3-5-16(14)12-21/h2-9,27H,10-13H2,1H3,(H,22,24)(H,23,25)/t21-/m1/s1. The summed E-state index contributed by atoms with van der Waals surface area (Å²) in [6.07, 6.45) is 1.67. The molecule has 0 spiro atoms. The number of benzene rings is 2. The van der Waals surface area contributed by atoms with E-state index in [-0.39, 0.29) is 6.54 Å². The molecule has 0 saturated carbocycles. The zero-order valence-corrected chi connectivity index (χ0v) is 15.5. The highest BCUT2D eigenvalue weighted by atomic mass is 16.5. The van der Waals surface area contributed by atoms with Crippen LogP contribution in [0.5, 0.6) is 0 Å². The van der Waals surface area contributed by atoms with Crippen molar-refractivity contribution < 1.29 is 24.2 Å². The molecule has 1 atom stereocenters. The summed E-state index contributed by atoms with van der Waals surface area (Å²) in [7, 11) is 1.28. The minimum Gasteiger partial charge on any atom is -0.465 e. The monoisotopic (exact) mass is 382 g/mol. The van der Waals surface area contributed by atoms with Crippen LogP contribution in [0.4, 0.5) is 5.69 Å². The Bertz CT molecular complexity index is 894. The van der Waals surface area contributed by atoms with E-state index in [4.69, 9.17) is 0 Å². The lowest BCUT2D eigenvalue weighted by Crippen LogP contribution is -2.49. The molecule has 0 unspecified atom stereocenters. The fraction of sp³-hybridized carbons (Fsp3) is 0.286. The van der Waals surface area contributed by atoms with E-state index in [1.807, 2.05) is 24.3 Å². The predicted octanol–water partition coefficient (Wildman–Crippen LogP) is 1.45. The summed E-state index contributed by atoms with van der Waals surface area (Å²) in [5.74, 6) is -2.16. The maximum Gasteiger partial charge on any atom is 0.337 e. The van der Waals surface area contributed by atoms with Crippen LogP contribution in [-0.2, 0) is 27.2 Å². The molecule has 0 radical (unpaired) electrons. The van der Waals surface area contributed by atoms with Gasteiger partial charge < -0.3 is 20.5 Å². The van der Waals surface area contributed by atoms with Crippen molar-refractivity contribution in [3.8, 4) is 0 Å². The first-order chi connectivity index (χ1) is 13.4. The molecule has 2 amide bonds. The van der Waals surface area contributed by atoms with E-state index < -0.39 is 23.4 Å². The molecule has 28 heavy (non-hydrogen) atoms. The Balaban J connectivity index is 1.53. The van der Waals surface area contributed by atoms with Gasteiger partial charge in [-0.1, -0.05) is 24.3 Å². The van der Waals surface area contributed by atoms with Crippen LogP contribution in [0.2, 0.25) is 0 Å². The number of anilines is 1. The van der Waals surface area contributed by atoms with Crippen molar-refractivity contribution in [3.63, 3.8) is 0 Å². The quantitative estimate of drug-likeness (QED) is 0.548. The van der Waals surface area contributed by atoms with Crippen LogP contribution in [0, 0.1) is 0 Å². The summed E-state index contributed by atoms with van der Waals surface area (Å²) >= 11 is 0. The molecule has 3 rings (SSSR count). The minimum atomic E-state index is -1.08. The second kappa shape index (κ2) is 8.22. The number of carbonyl (C=O) groups is 3. The number of amides is 2. The van der Waals surface area contributed by atoms with E-state index in [1.165, 1.54) is 36.9 Å². The number of hydrogen-bond acceptors (Lipinski definition) is 5. The Kier molecular flexibility index (Phi) is 5.75. The van der Waals surface area contributed by atoms with Gasteiger partial charge in [-0.05, 0) is 48.2 Å². The largest absolute Gasteiger partial charge is 0.465 e. The van der Waals surface area contributed by atoms with Crippen molar-refractivity contribution >= 4 is 23.5 Å². The van der Waals surface area contributed by atoms with Crippen molar-refractivity contribution in [1.82, 2.24) is 5.32 Å². The third-order valence-electron chi connectivity index (χ3n) is 4.85. The number of methoxy groups -OCH3 is 1. The van der Waals surface area contributed by atoms with Crippen molar-refractivity contribution in [1.29, 1.82) is 0 Å². The lowest BCUT2D eigenvalue weighted by atomic mass is 9.80. The molecular formula is C21H22N2O5. The van der Waals surface area contributed by atoms with Gasteiger partial charge in [0, 0.05) is 18.7 Å². The number of fused-ring (bicyclic) bond motifs is 1. The van der Waals surface area contributed by atoms with Crippen molar-refractivity contribution in [3.05, 3.63) is 65.2 Å². The fourth-order valence-electron chi connectivity index (χ4n) is 3.26. The lowest BCUT2D eigenvalue weighted by Gasteiger charge is -2.33. The Morgan fingerprint density at radius 2 is 1.71 bits per heavy atom. The molecule has 3 N–H and O–H groups in total. The number of esters is 1. The van der Waals surface area contributed by atoms with Crippen LogP contribution >= 0.6 is 0 Å². The second-order valence-electron chi connectivity index (χ2n) is 6.88. The predicted molar refractivity (Wildman–Crippen MR) is 103 cm³/mol. The normalized spacial score (nSPS) is 17.9. The van der Waals surface area contributed by atoms with E-state index in [0.717, 1.165) is 12.0 Å². The fourth-order valence-corrected chi connectivity index (χ4v) is 3.26. The first kappa shape index (κ1) is 19.6. The highest BCUT2D eigenvalue weighted by molar-refractivity contribution is 6.39. The van der Waals surface area contributed by atoms with Gasteiger partial charge in [-0.2, -0.15) is 0 Å². The molecule has 146 valence electrons. The molecule has 2 aromatic carbocycles. The average molecular weight is 382 g/mol. The van der Waals surface area contributed by atoms with Crippen LogP contribution in [-0.4, -0.2) is 42.1 Å². The number of hydrogen-bond donors (Lipinski definition) is 3. The van der Waals surface area contributed by atoms with E-state index in [1.54, 1.807) is 0 Å². The lowest BCUT2D eigenvalue weighted by molar-refractivity contribution is -0.136. The third-order valence-corrected chi connectivity index (χ3v) is 4.85. The molecule has 7 nitrogen and oxygen atoms in total. The number of carbonyl (C=O) groups excluding carboxylic acids is 3. The maximum atomic E-state index is 12.1. The first-order valence-corrected chi connectivity index (χ1v) is 8.97. The topological polar surface area (TPSA) is 105 Å². The first-order valence-electron chi connectivity index (χ1n) is 8.97. The van der Waals surface area contributed by atoms with Crippen molar-refractivity contribution in [2.45, 2.75) is 24.9 Å². The van der Waals surface area contributed by atoms with Gasteiger partial charge in [0.15, 0.2) is 0 Å². The smallest absolute Gasteiger partial charge is 0.337 e. The van der Waals surface area contributed by atoms with E-state index >= 15 is 0 Å². The Morgan fingerprint density at radius 1 is 1.04 bits per heavy atom. The van der Waals surface area contributed by atoms with Gasteiger partial charge in [0.25, 0.3) is 0 Å². The van der Waals surface area contributed by atoms with Gasteiger partial charge >= 0.3 is 17.8 Å². The summed E-state index contributed by atoms with van der Waals surface area (Å²) in [6, 6.07) is 13.9. The van der Waals surface area contributed by atoms with Gasteiger partial charge in [-0.3, -0.25) is 9.59 Å². The molecule has 0 heterocycles. The minimum absolute atomic E-state index is 0.00509. The Morgan fingerprint density at radius 3 is 2.39 bits per heavy atom. The number of ether oxygens (including phenoxy) is 1. The second-order valence-corrected chi connectivity index (χ2v) is 6.88. The molecule has 0 saturated heterocycles. The summed E-state index contributed by atoms with van der Waals surface area (Å²) in [6.45, 7) is -0.00509. The van der Waals surface area contributed by atoms with Crippen LogP contribution in [0.1, 0.15) is 27.9 Å². The molecule has 0 aromatic heterocycles. The molecule has 1 aliphatic carbocycles. The van der Waals surface area contributed by atoms with E-state index in [9.17, 15) is 19.5 Å². The number of rotatable bonds is 4. The highest BCUT2D eigenvalue weighted by Crippen LogP contribution is 2.28. The molecule has 0 aliphatic heterocycles. The molecule has 7 heteroatoms. The zero-order valence-electron chi connectivity index (χ0n) is 15.5. The van der Waals surface area contributed by atoms with Gasteiger partial charge in [-0.15, -0.1) is 0 Å². The third kappa shape index (κ3) is 4.55. The van der Waals surface area contributed by atoms with E-state index in [2.05, 4.69) is 15.4 Å². The van der Waals surface area contributed by atoms with Gasteiger partial charge in [-0.25, -0.2) is 4.79 Å². The molecule has 1 aliphatic rings. The summed E-state index contributed by atoms with van der Waals surface area (Å²) in [5.41, 5.74) is 1.89. The maximum absolute atomic E-state index is 12.1. The van der Waals surface area contributed by atoms with Gasteiger partial charge in [0.2, 0.25) is 0 Å². The van der Waals surface area contributed by atoms with Crippen molar-refractivity contribution in [2.24, 2.45) is 0 Å². The summed E-state index contributed by atoms with van der Waals surface area (Å²) in [4.78, 5) is 35.6. The molecular weight excluding hydrogens is 360 g/mol. The van der Waals surface area contributed by atoms with Gasteiger partial charge in [0.1, 0.15) is 0 Å². The van der Waals surface area contributed by atoms with Crippen LogP contribution < -0.4 is 10.6 Å². The van der Waals surface area contributed by atoms with Crippen LogP contribution in [0.3, 0.4) is 0 Å². The summed E-state index contributed by atoms with van der Waals surface area (Å²) in [5, 5.41) is 15.7. The summed E-state index contributed by atoms with van der Waals surface area (Å²) < 4.78 is 4.60. The number of aryl methyl sites for hydroxylation is 1. The molecule has 2 aromatic rings. The Labute approximate surface area is 162 Å². The van der Waals surface area contributed by atoms with Crippen LogP contribution in [0.15, 0.2) is 48.5 Å². The highest BCUT2D eigenvalue weighted by Gasteiger charge is 2.32. The van der Waals surface area contributed by atoms with Gasteiger partial charge in [0.05, 0.1) is 18.3 Å². The van der Waals surface area contributed by atoms with E-state index in [0.29, 0.717) is 24.1 Å². The van der Waals surface area contributed by atoms with Crippen molar-refractivity contribution in [2.75, 3.05) is 19.0 Å².